The average molecular weight is 210 g/mol. The number of hydrazone groups is 1. The summed E-state index contributed by atoms with van der Waals surface area (Å²) >= 11 is 0. The molecule has 1 fully saturated rings. The Balaban J connectivity index is 2.10. The van der Waals surface area contributed by atoms with E-state index >= 15 is 0 Å². The molecule has 2 atom stereocenters. The van der Waals surface area contributed by atoms with Gasteiger partial charge in [-0.1, -0.05) is 6.92 Å². The van der Waals surface area contributed by atoms with E-state index < -0.39 is 0 Å². The van der Waals surface area contributed by atoms with Crippen molar-refractivity contribution in [2.24, 2.45) is 16.9 Å². The zero-order chi connectivity index (χ0) is 10.8. The molecule has 0 aromatic carbocycles. The minimum Gasteiger partial charge on any atom is -0.394 e. The summed E-state index contributed by atoms with van der Waals surface area (Å²) in [5.74, 6) is 1.15. The second-order valence-corrected chi connectivity index (χ2v) is 4.61. The molecular weight excluding hydrogens is 192 g/mol. The Kier molecular flexibility index (Phi) is 3.05. The zero-order valence-corrected chi connectivity index (χ0v) is 9.15. The van der Waals surface area contributed by atoms with E-state index in [-0.39, 0.29) is 12.5 Å². The minimum atomic E-state index is -0.0103. The number of amides is 1. The van der Waals surface area contributed by atoms with Crippen molar-refractivity contribution < 1.29 is 9.90 Å². The number of hydrogen-bond acceptors (Lipinski definition) is 3. The van der Waals surface area contributed by atoms with Gasteiger partial charge in [0.15, 0.2) is 0 Å². The quantitative estimate of drug-likeness (QED) is 0.739. The summed E-state index contributed by atoms with van der Waals surface area (Å²) < 4.78 is 0. The van der Waals surface area contributed by atoms with Gasteiger partial charge in [-0.25, -0.2) is 5.01 Å². The van der Waals surface area contributed by atoms with Crippen molar-refractivity contribution in [1.29, 1.82) is 0 Å². The Bertz CT molecular complexity index is 288. The van der Waals surface area contributed by atoms with Crippen molar-refractivity contribution in [1.82, 2.24) is 5.01 Å². The molecule has 1 aliphatic carbocycles. The molecule has 0 spiro atoms. The molecule has 1 heterocycles. The predicted octanol–water partition coefficient (Wildman–Crippen LogP) is 1.00. The van der Waals surface area contributed by atoms with E-state index in [1.165, 1.54) is 17.1 Å². The topological polar surface area (TPSA) is 52.9 Å². The monoisotopic (exact) mass is 210 g/mol. The maximum absolute atomic E-state index is 11.7. The van der Waals surface area contributed by atoms with Gasteiger partial charge in [-0.2, -0.15) is 5.10 Å². The van der Waals surface area contributed by atoms with Gasteiger partial charge in [0.1, 0.15) is 0 Å². The number of rotatable bonds is 2. The van der Waals surface area contributed by atoms with Gasteiger partial charge < -0.3 is 5.11 Å². The fraction of sp³-hybridized carbons (Fsp3) is 0.818. The molecule has 15 heavy (non-hydrogen) atoms. The van der Waals surface area contributed by atoms with Crippen molar-refractivity contribution >= 4 is 11.6 Å². The second-order valence-electron chi connectivity index (χ2n) is 4.61. The van der Waals surface area contributed by atoms with Crippen LogP contribution in [-0.2, 0) is 4.79 Å². The van der Waals surface area contributed by atoms with E-state index in [0.29, 0.717) is 24.8 Å². The number of nitrogens with zero attached hydrogens (tertiary/aromatic N) is 2. The fourth-order valence-electron chi connectivity index (χ4n) is 2.47. The number of hydrogen-bond donors (Lipinski definition) is 1. The fourth-order valence-corrected chi connectivity index (χ4v) is 2.47. The van der Waals surface area contributed by atoms with E-state index in [9.17, 15) is 4.79 Å². The van der Waals surface area contributed by atoms with Crippen LogP contribution in [-0.4, -0.2) is 34.9 Å². The van der Waals surface area contributed by atoms with Crippen LogP contribution in [0.4, 0.5) is 0 Å². The van der Waals surface area contributed by atoms with Crippen LogP contribution < -0.4 is 0 Å². The molecule has 1 amide bonds. The first-order chi connectivity index (χ1) is 7.20. The Labute approximate surface area is 90.0 Å². The predicted molar refractivity (Wildman–Crippen MR) is 57.4 cm³/mol. The largest absolute Gasteiger partial charge is 0.394 e. The smallest absolute Gasteiger partial charge is 0.243 e. The Morgan fingerprint density at radius 2 is 2.40 bits per heavy atom. The van der Waals surface area contributed by atoms with Gasteiger partial charge in [0.2, 0.25) is 5.91 Å². The van der Waals surface area contributed by atoms with Crippen LogP contribution in [0.1, 0.15) is 32.6 Å². The molecule has 2 unspecified atom stereocenters. The highest BCUT2D eigenvalue weighted by molar-refractivity contribution is 5.95. The lowest BCUT2D eigenvalue weighted by atomic mass is 9.78. The number of carbonyl (C=O) groups is 1. The highest BCUT2D eigenvalue weighted by Crippen LogP contribution is 2.32. The molecule has 1 aliphatic heterocycles. The lowest BCUT2D eigenvalue weighted by Crippen LogP contribution is -2.40. The average Bonchev–Trinajstić information content (AvgIpc) is 2.20. The van der Waals surface area contributed by atoms with Gasteiger partial charge in [0.25, 0.3) is 0 Å². The zero-order valence-electron chi connectivity index (χ0n) is 9.15. The number of β-amino-alcohol motifs (C(OH)–C–C–N with tert-alkyl or cyclic N) is 1. The molecule has 0 saturated heterocycles. The summed E-state index contributed by atoms with van der Waals surface area (Å²) in [6, 6.07) is 0. The van der Waals surface area contributed by atoms with Gasteiger partial charge in [0.05, 0.1) is 13.2 Å². The van der Waals surface area contributed by atoms with E-state index in [4.69, 9.17) is 5.11 Å². The van der Waals surface area contributed by atoms with E-state index in [0.717, 1.165) is 12.8 Å². The summed E-state index contributed by atoms with van der Waals surface area (Å²) in [5, 5.41) is 14.6. The van der Waals surface area contributed by atoms with Crippen LogP contribution in [0.15, 0.2) is 5.10 Å². The minimum absolute atomic E-state index is 0.0103. The highest BCUT2D eigenvalue weighted by Gasteiger charge is 2.32. The molecule has 4 heteroatoms. The summed E-state index contributed by atoms with van der Waals surface area (Å²) in [7, 11) is 0. The first-order valence-corrected chi connectivity index (χ1v) is 5.69. The first-order valence-electron chi connectivity index (χ1n) is 5.69. The molecule has 0 radical (unpaired) electrons. The van der Waals surface area contributed by atoms with Crippen LogP contribution in [0.25, 0.3) is 0 Å². The first kappa shape index (κ1) is 10.6. The standard InChI is InChI=1S/C11H18N2O2/c1-8-2-3-10-9(6-8)7-11(15)13(12-10)4-5-14/h8-9,14H,2-7H2,1H3. The van der Waals surface area contributed by atoms with Crippen LogP contribution >= 0.6 is 0 Å². The molecule has 0 bridgehead atoms. The van der Waals surface area contributed by atoms with Crippen molar-refractivity contribution in [2.75, 3.05) is 13.2 Å². The molecule has 84 valence electrons. The van der Waals surface area contributed by atoms with Gasteiger partial charge in [-0.05, 0) is 25.2 Å². The molecule has 4 nitrogen and oxygen atoms in total. The van der Waals surface area contributed by atoms with Crippen LogP contribution in [0, 0.1) is 11.8 Å². The normalized spacial score (nSPS) is 31.2. The molecule has 2 aliphatic rings. The van der Waals surface area contributed by atoms with Crippen LogP contribution in [0.5, 0.6) is 0 Å². The number of carbonyl (C=O) groups excluding carboxylic acids is 1. The maximum atomic E-state index is 11.7. The number of fused-ring (bicyclic) bond motifs is 1. The van der Waals surface area contributed by atoms with E-state index in [1.54, 1.807) is 0 Å². The Morgan fingerprint density at radius 1 is 1.60 bits per heavy atom. The summed E-state index contributed by atoms with van der Waals surface area (Å²) in [4.78, 5) is 11.7. The number of aliphatic hydroxyl groups excluding tert-OH is 1. The third-order valence-corrected chi connectivity index (χ3v) is 3.32. The van der Waals surface area contributed by atoms with Gasteiger partial charge in [0, 0.05) is 18.1 Å². The van der Waals surface area contributed by atoms with Crippen molar-refractivity contribution in [2.45, 2.75) is 32.6 Å². The molecule has 0 aromatic heterocycles. The molecule has 2 rings (SSSR count). The summed E-state index contributed by atoms with van der Waals surface area (Å²) in [5.41, 5.74) is 1.17. The van der Waals surface area contributed by atoms with Crippen LogP contribution in [0.2, 0.25) is 0 Å². The third-order valence-electron chi connectivity index (χ3n) is 3.32. The van der Waals surface area contributed by atoms with Crippen LogP contribution in [0.3, 0.4) is 0 Å². The van der Waals surface area contributed by atoms with Crippen molar-refractivity contribution in [3.8, 4) is 0 Å². The Morgan fingerprint density at radius 3 is 3.13 bits per heavy atom. The van der Waals surface area contributed by atoms with Crippen molar-refractivity contribution in [3.63, 3.8) is 0 Å². The summed E-state index contributed by atoms with van der Waals surface area (Å²) in [6.07, 6.45) is 3.87. The molecule has 1 saturated carbocycles. The third kappa shape index (κ3) is 2.20. The van der Waals surface area contributed by atoms with Gasteiger partial charge in [-0.15, -0.1) is 0 Å². The second kappa shape index (κ2) is 4.31. The molecule has 0 aromatic rings. The van der Waals surface area contributed by atoms with Gasteiger partial charge >= 0.3 is 0 Å². The maximum Gasteiger partial charge on any atom is 0.243 e. The number of aliphatic hydroxyl groups is 1. The van der Waals surface area contributed by atoms with Gasteiger partial charge in [-0.3, -0.25) is 4.79 Å². The van der Waals surface area contributed by atoms with E-state index in [1.807, 2.05) is 0 Å². The lowest BCUT2D eigenvalue weighted by Gasteiger charge is -2.34. The lowest BCUT2D eigenvalue weighted by molar-refractivity contribution is -0.133. The highest BCUT2D eigenvalue weighted by atomic mass is 16.3. The molecule has 1 N–H and O–H groups in total. The SMILES string of the molecule is CC1CCC2=NN(CCO)C(=O)CC2C1. The van der Waals surface area contributed by atoms with Crippen molar-refractivity contribution in [3.05, 3.63) is 0 Å². The summed E-state index contributed by atoms with van der Waals surface area (Å²) in [6.45, 7) is 2.57. The Hall–Kier alpha value is -0.900. The molecular formula is C11H18N2O2. The van der Waals surface area contributed by atoms with E-state index in [2.05, 4.69) is 12.0 Å².